The second kappa shape index (κ2) is 4.53. The van der Waals surface area contributed by atoms with E-state index >= 15 is 0 Å². The molecule has 0 aromatic heterocycles. The fourth-order valence-electron chi connectivity index (χ4n) is 1.47. The number of carbonyl (C=O) groups is 1. The highest BCUT2D eigenvalue weighted by atomic mass is 79.9. The summed E-state index contributed by atoms with van der Waals surface area (Å²) in [6.07, 6.45) is -4.26. The maximum atomic E-state index is 13.0. The van der Waals surface area contributed by atoms with Gasteiger partial charge in [-0.3, -0.25) is 0 Å². The highest BCUT2D eigenvalue weighted by Gasteiger charge is 2.42. The summed E-state index contributed by atoms with van der Waals surface area (Å²) in [7, 11) is 0. The van der Waals surface area contributed by atoms with E-state index in [4.69, 9.17) is 5.11 Å². The molecule has 0 spiro atoms. The molecule has 0 amide bonds. The SMILES string of the molecule is O=C(O)C(F)(F)Oc1ccc2ccccc2c1Br. The van der Waals surface area contributed by atoms with Gasteiger partial charge < -0.3 is 9.84 Å². The number of alkyl halides is 2. The smallest absolute Gasteiger partial charge is 0.474 e. The second-order valence-electron chi connectivity index (χ2n) is 3.52. The minimum Gasteiger partial charge on any atom is -0.474 e. The van der Waals surface area contributed by atoms with Crippen molar-refractivity contribution >= 4 is 32.7 Å². The number of ether oxygens (including phenoxy) is 1. The summed E-state index contributed by atoms with van der Waals surface area (Å²) >= 11 is 3.13. The lowest BCUT2D eigenvalue weighted by molar-refractivity contribution is -0.211. The summed E-state index contributed by atoms with van der Waals surface area (Å²) < 4.78 is 30.5. The number of hydrogen-bond donors (Lipinski definition) is 1. The van der Waals surface area contributed by atoms with E-state index in [0.29, 0.717) is 9.86 Å². The topological polar surface area (TPSA) is 46.5 Å². The first-order chi connectivity index (χ1) is 8.42. The Labute approximate surface area is 109 Å². The molecule has 0 fully saturated rings. The van der Waals surface area contributed by atoms with Gasteiger partial charge in [-0.15, -0.1) is 0 Å². The van der Waals surface area contributed by atoms with Crippen LogP contribution < -0.4 is 4.74 Å². The maximum Gasteiger partial charge on any atom is 0.501 e. The molecule has 2 rings (SSSR count). The summed E-state index contributed by atoms with van der Waals surface area (Å²) in [5.74, 6) is -2.55. The number of rotatable bonds is 3. The van der Waals surface area contributed by atoms with Crippen molar-refractivity contribution in [3.05, 3.63) is 40.9 Å². The lowest BCUT2D eigenvalue weighted by Crippen LogP contribution is -2.34. The van der Waals surface area contributed by atoms with Gasteiger partial charge in [-0.1, -0.05) is 30.3 Å². The summed E-state index contributed by atoms with van der Waals surface area (Å²) in [6, 6.07) is 9.94. The lowest BCUT2D eigenvalue weighted by Gasteiger charge is -2.15. The van der Waals surface area contributed by atoms with Crippen LogP contribution >= 0.6 is 15.9 Å². The first kappa shape index (κ1) is 12.8. The van der Waals surface area contributed by atoms with Gasteiger partial charge in [0.2, 0.25) is 0 Å². The third kappa shape index (κ3) is 2.28. The van der Waals surface area contributed by atoms with Crippen LogP contribution in [-0.2, 0) is 4.79 Å². The van der Waals surface area contributed by atoms with Crippen molar-refractivity contribution in [1.29, 1.82) is 0 Å². The van der Waals surface area contributed by atoms with Crippen LogP contribution in [0.1, 0.15) is 0 Å². The van der Waals surface area contributed by atoms with Gasteiger partial charge >= 0.3 is 12.1 Å². The summed E-state index contributed by atoms with van der Waals surface area (Å²) in [5, 5.41) is 9.81. The van der Waals surface area contributed by atoms with E-state index in [2.05, 4.69) is 20.7 Å². The van der Waals surface area contributed by atoms with Gasteiger partial charge in [0.1, 0.15) is 5.75 Å². The molecule has 0 saturated carbocycles. The minimum atomic E-state index is -4.26. The maximum absolute atomic E-state index is 13.0. The average molecular weight is 317 g/mol. The summed E-state index contributed by atoms with van der Waals surface area (Å²) in [4.78, 5) is 10.3. The monoisotopic (exact) mass is 316 g/mol. The number of carboxylic acid groups (broad SMARTS) is 1. The van der Waals surface area contributed by atoms with Crippen molar-refractivity contribution in [2.75, 3.05) is 0 Å². The molecule has 0 radical (unpaired) electrons. The van der Waals surface area contributed by atoms with Crippen LogP contribution in [0.3, 0.4) is 0 Å². The Bertz CT molecular complexity index is 613. The quantitative estimate of drug-likeness (QED) is 0.940. The van der Waals surface area contributed by atoms with Crippen LogP contribution in [0.2, 0.25) is 0 Å². The number of benzene rings is 2. The normalized spacial score (nSPS) is 11.5. The van der Waals surface area contributed by atoms with E-state index in [-0.39, 0.29) is 5.75 Å². The summed E-state index contributed by atoms with van der Waals surface area (Å²) in [5.41, 5.74) is 0. The molecule has 0 atom stereocenters. The summed E-state index contributed by atoms with van der Waals surface area (Å²) in [6.45, 7) is 0. The predicted molar refractivity (Wildman–Crippen MR) is 64.9 cm³/mol. The molecule has 1 N–H and O–H groups in total. The van der Waals surface area contributed by atoms with Gasteiger partial charge in [0.25, 0.3) is 0 Å². The van der Waals surface area contributed by atoms with Crippen LogP contribution in [0.15, 0.2) is 40.9 Å². The molecule has 0 aliphatic carbocycles. The van der Waals surface area contributed by atoms with Crippen molar-refractivity contribution in [1.82, 2.24) is 0 Å². The number of carboxylic acids is 1. The molecule has 3 nitrogen and oxygen atoms in total. The number of fused-ring (bicyclic) bond motifs is 1. The zero-order valence-corrected chi connectivity index (χ0v) is 10.4. The van der Waals surface area contributed by atoms with Gasteiger partial charge in [-0.25, -0.2) is 4.79 Å². The van der Waals surface area contributed by atoms with Gasteiger partial charge in [-0.2, -0.15) is 8.78 Å². The number of aliphatic carboxylic acids is 1. The van der Waals surface area contributed by atoms with Gasteiger partial charge in [0, 0.05) is 0 Å². The van der Waals surface area contributed by atoms with Crippen molar-refractivity contribution < 1.29 is 23.4 Å². The molecule has 0 aliphatic heterocycles. The van der Waals surface area contributed by atoms with Crippen LogP contribution in [-0.4, -0.2) is 17.2 Å². The Kier molecular flexibility index (Phi) is 3.21. The molecule has 0 aliphatic rings. The standard InChI is InChI=1S/C12H7BrF2O3/c13-10-8-4-2-1-3-7(8)5-6-9(10)18-12(14,15)11(16)17/h1-6H,(H,16,17). The lowest BCUT2D eigenvalue weighted by atomic mass is 10.1. The van der Waals surface area contributed by atoms with Crippen molar-refractivity contribution in [3.8, 4) is 5.75 Å². The Morgan fingerprint density at radius 1 is 1.22 bits per heavy atom. The van der Waals surface area contributed by atoms with Gasteiger partial charge in [0.05, 0.1) is 4.47 Å². The molecular weight excluding hydrogens is 310 g/mol. The number of hydrogen-bond acceptors (Lipinski definition) is 2. The Morgan fingerprint density at radius 2 is 1.89 bits per heavy atom. The third-order valence-corrected chi connectivity index (χ3v) is 3.13. The minimum absolute atomic E-state index is 0.221. The zero-order valence-electron chi connectivity index (χ0n) is 8.86. The van der Waals surface area contributed by atoms with Crippen molar-refractivity contribution in [2.45, 2.75) is 6.11 Å². The molecule has 0 saturated heterocycles. The van der Waals surface area contributed by atoms with E-state index in [1.807, 2.05) is 0 Å². The molecule has 94 valence electrons. The van der Waals surface area contributed by atoms with Crippen molar-refractivity contribution in [2.24, 2.45) is 0 Å². The predicted octanol–water partition coefficient (Wildman–Crippen LogP) is 3.66. The third-order valence-electron chi connectivity index (χ3n) is 2.31. The highest BCUT2D eigenvalue weighted by molar-refractivity contribution is 9.10. The van der Waals surface area contributed by atoms with E-state index in [9.17, 15) is 13.6 Å². The van der Waals surface area contributed by atoms with E-state index in [0.717, 1.165) is 5.39 Å². The fraction of sp³-hybridized carbons (Fsp3) is 0.0833. The molecule has 2 aromatic carbocycles. The Balaban J connectivity index is 2.47. The van der Waals surface area contributed by atoms with Crippen LogP contribution in [0.4, 0.5) is 8.78 Å². The van der Waals surface area contributed by atoms with Gasteiger partial charge in [-0.05, 0) is 32.8 Å². The highest BCUT2D eigenvalue weighted by Crippen LogP contribution is 2.35. The molecule has 18 heavy (non-hydrogen) atoms. The average Bonchev–Trinajstić information content (AvgIpc) is 2.33. The van der Waals surface area contributed by atoms with Crippen LogP contribution in [0, 0.1) is 0 Å². The molecule has 0 unspecified atom stereocenters. The Morgan fingerprint density at radius 3 is 2.56 bits per heavy atom. The van der Waals surface area contributed by atoms with Crippen molar-refractivity contribution in [3.63, 3.8) is 0 Å². The molecule has 0 heterocycles. The molecule has 6 heteroatoms. The van der Waals surface area contributed by atoms with E-state index < -0.39 is 12.1 Å². The molecule has 0 bridgehead atoms. The zero-order chi connectivity index (χ0) is 13.3. The van der Waals surface area contributed by atoms with Crippen LogP contribution in [0.25, 0.3) is 10.8 Å². The first-order valence-corrected chi connectivity index (χ1v) is 5.68. The van der Waals surface area contributed by atoms with Crippen LogP contribution in [0.5, 0.6) is 5.75 Å². The van der Waals surface area contributed by atoms with Gasteiger partial charge in [0.15, 0.2) is 0 Å². The first-order valence-electron chi connectivity index (χ1n) is 4.89. The Hall–Kier alpha value is -1.69. The second-order valence-corrected chi connectivity index (χ2v) is 4.32. The fourth-order valence-corrected chi connectivity index (χ4v) is 2.05. The largest absolute Gasteiger partial charge is 0.501 e. The molecular formula is C12H7BrF2O3. The molecule has 2 aromatic rings. The van der Waals surface area contributed by atoms with E-state index in [1.165, 1.54) is 6.07 Å². The van der Waals surface area contributed by atoms with E-state index in [1.54, 1.807) is 30.3 Å². The number of halogens is 3.